The first-order valence-electron chi connectivity index (χ1n) is 3.66. The van der Waals surface area contributed by atoms with Gasteiger partial charge in [0.1, 0.15) is 11.6 Å². The van der Waals surface area contributed by atoms with Crippen LogP contribution in [-0.4, -0.2) is 4.92 Å². The summed E-state index contributed by atoms with van der Waals surface area (Å²) in [5.74, 6) is 1.08. The summed E-state index contributed by atoms with van der Waals surface area (Å²) in [7, 11) is 0. The zero-order valence-corrected chi connectivity index (χ0v) is 7.07. The lowest BCUT2D eigenvalue weighted by Crippen LogP contribution is -1.92. The molecule has 0 aliphatic carbocycles. The highest BCUT2D eigenvalue weighted by Crippen LogP contribution is 2.18. The summed E-state index contributed by atoms with van der Waals surface area (Å²) in [5, 5.41) is 10.4. The molecule has 0 atom stereocenters. The van der Waals surface area contributed by atoms with Crippen molar-refractivity contribution in [1.29, 1.82) is 0 Å². The second-order valence-electron chi connectivity index (χ2n) is 2.81. The van der Waals surface area contributed by atoms with Gasteiger partial charge in [-0.2, -0.15) is 0 Å². The largest absolute Gasteiger partial charge is 0.323 e. The quantitative estimate of drug-likeness (QED) is 0.383. The highest BCUT2D eigenvalue weighted by molar-refractivity contribution is 5.39. The molecule has 1 rings (SSSR count). The van der Waals surface area contributed by atoms with E-state index in [9.17, 15) is 10.1 Å². The molecule has 0 radical (unpaired) electrons. The van der Waals surface area contributed by atoms with Gasteiger partial charge < -0.3 is 0 Å². The number of nitrogens with zero attached hydrogens (tertiary/aromatic N) is 1. The second-order valence-corrected chi connectivity index (χ2v) is 2.81. The van der Waals surface area contributed by atoms with E-state index in [1.165, 1.54) is 6.07 Å². The summed E-state index contributed by atoms with van der Waals surface area (Å²) in [6.45, 7) is 3.86. The summed E-state index contributed by atoms with van der Waals surface area (Å²) in [5.41, 5.74) is 1.07. The van der Waals surface area contributed by atoms with Crippen LogP contribution in [0.25, 0.3) is 0 Å². The molecule has 12 heavy (non-hydrogen) atoms. The Morgan fingerprint density at radius 2 is 2.08 bits per heavy atom. The molecular weight excluding hydrogens is 154 g/mol. The molecule has 0 saturated heterocycles. The van der Waals surface area contributed by atoms with E-state index >= 15 is 0 Å². The molecule has 0 saturated carbocycles. The third-order valence-electron chi connectivity index (χ3n) is 1.63. The van der Waals surface area contributed by atoms with E-state index in [1.807, 2.05) is 19.9 Å². The van der Waals surface area contributed by atoms with Crippen molar-refractivity contribution in [2.45, 2.75) is 13.8 Å². The maximum Gasteiger partial charge on any atom is 0.323 e. The molecule has 0 aliphatic rings. The summed E-state index contributed by atoms with van der Waals surface area (Å²) < 4.78 is 0. The highest BCUT2D eigenvalue weighted by Gasteiger charge is 2.14. The third kappa shape index (κ3) is 1.75. The standard InChI is InChI=1S/C9H10NO2/c1-7(2)8-4-3-5-9(6-8)10(11)12/h3-6H,1-2H3/q+1. The normalized spacial score (nSPS) is 9.50. The van der Waals surface area contributed by atoms with Gasteiger partial charge in [-0.25, -0.2) is 0 Å². The Morgan fingerprint density at radius 3 is 2.58 bits per heavy atom. The van der Waals surface area contributed by atoms with Gasteiger partial charge >= 0.3 is 5.69 Å². The second kappa shape index (κ2) is 3.26. The molecule has 0 unspecified atom stereocenters. The summed E-state index contributed by atoms with van der Waals surface area (Å²) >= 11 is 0. The fourth-order valence-corrected chi connectivity index (χ4v) is 0.930. The highest BCUT2D eigenvalue weighted by atomic mass is 16.6. The first kappa shape index (κ1) is 8.59. The van der Waals surface area contributed by atoms with Crippen LogP contribution in [0.1, 0.15) is 19.4 Å². The van der Waals surface area contributed by atoms with Crippen LogP contribution in [0.5, 0.6) is 0 Å². The van der Waals surface area contributed by atoms with E-state index in [1.54, 1.807) is 12.1 Å². The van der Waals surface area contributed by atoms with Crippen molar-refractivity contribution in [3.8, 4) is 0 Å². The fourth-order valence-electron chi connectivity index (χ4n) is 0.930. The minimum absolute atomic E-state index is 0.147. The van der Waals surface area contributed by atoms with Crippen molar-refractivity contribution in [1.82, 2.24) is 0 Å². The third-order valence-corrected chi connectivity index (χ3v) is 1.63. The fraction of sp³-hybridized carbons (Fsp3) is 0.222. The Bertz CT molecular complexity index is 294. The minimum atomic E-state index is -0.383. The van der Waals surface area contributed by atoms with Crippen LogP contribution in [0, 0.1) is 16.0 Å². The van der Waals surface area contributed by atoms with Gasteiger partial charge in [0.05, 0.1) is 4.92 Å². The first-order chi connectivity index (χ1) is 5.61. The lowest BCUT2D eigenvalue weighted by Gasteiger charge is -1.94. The first-order valence-corrected chi connectivity index (χ1v) is 3.66. The number of nitro benzene ring substituents is 1. The van der Waals surface area contributed by atoms with Gasteiger partial charge in [0.25, 0.3) is 0 Å². The minimum Gasteiger partial charge on any atom is -0.257 e. The predicted octanol–water partition coefficient (Wildman–Crippen LogP) is 2.56. The summed E-state index contributed by atoms with van der Waals surface area (Å²) in [4.78, 5) is 9.99. The molecule has 0 heterocycles. The molecule has 0 aliphatic heterocycles. The van der Waals surface area contributed by atoms with Crippen molar-refractivity contribution in [3.63, 3.8) is 0 Å². The molecule has 1 aromatic rings. The lowest BCUT2D eigenvalue weighted by atomic mass is 10.0. The lowest BCUT2D eigenvalue weighted by molar-refractivity contribution is -0.384. The average molecular weight is 164 g/mol. The van der Waals surface area contributed by atoms with Crippen molar-refractivity contribution in [2.75, 3.05) is 0 Å². The molecule has 1 aromatic carbocycles. The average Bonchev–Trinajstić information content (AvgIpc) is 2.04. The van der Waals surface area contributed by atoms with Gasteiger partial charge in [-0.15, -0.1) is 0 Å². The molecule has 0 amide bonds. The molecule has 3 heteroatoms. The Morgan fingerprint density at radius 1 is 1.42 bits per heavy atom. The van der Waals surface area contributed by atoms with Gasteiger partial charge in [-0.1, -0.05) is 0 Å². The Balaban J connectivity index is 3.04. The van der Waals surface area contributed by atoms with Crippen LogP contribution in [0.2, 0.25) is 0 Å². The molecule has 0 N–H and O–H groups in total. The number of hydrogen-bond acceptors (Lipinski definition) is 2. The van der Waals surface area contributed by atoms with E-state index in [4.69, 9.17) is 0 Å². The van der Waals surface area contributed by atoms with Gasteiger partial charge in [0.2, 0.25) is 0 Å². The van der Waals surface area contributed by atoms with E-state index in [-0.39, 0.29) is 10.6 Å². The van der Waals surface area contributed by atoms with E-state index in [0.29, 0.717) is 0 Å². The van der Waals surface area contributed by atoms with Crippen molar-refractivity contribution in [2.24, 2.45) is 0 Å². The molecule has 0 spiro atoms. The van der Waals surface area contributed by atoms with Crippen molar-refractivity contribution < 1.29 is 4.92 Å². The summed E-state index contributed by atoms with van der Waals surface area (Å²) in [6.07, 6.45) is 0. The van der Waals surface area contributed by atoms with Crippen LogP contribution in [0.15, 0.2) is 24.3 Å². The molecule has 62 valence electrons. The SMILES string of the molecule is C[C+](C)c1cccc([N+](=O)[O-])c1. The molecule has 0 aromatic heterocycles. The van der Waals surface area contributed by atoms with E-state index in [0.717, 1.165) is 11.5 Å². The van der Waals surface area contributed by atoms with Crippen molar-refractivity contribution >= 4 is 5.69 Å². The van der Waals surface area contributed by atoms with Gasteiger partial charge in [0, 0.05) is 38.0 Å². The Labute approximate surface area is 71.2 Å². The number of non-ortho nitro benzene ring substituents is 1. The van der Waals surface area contributed by atoms with Crippen LogP contribution in [0.3, 0.4) is 0 Å². The zero-order chi connectivity index (χ0) is 9.14. The maximum absolute atomic E-state index is 10.4. The van der Waals surface area contributed by atoms with E-state index < -0.39 is 0 Å². The van der Waals surface area contributed by atoms with Gasteiger partial charge in [-0.05, 0) is 0 Å². The smallest absolute Gasteiger partial charge is 0.257 e. The van der Waals surface area contributed by atoms with Crippen LogP contribution >= 0.6 is 0 Å². The topological polar surface area (TPSA) is 43.1 Å². The number of hydrogen-bond donors (Lipinski definition) is 0. The molecule has 0 fully saturated rings. The van der Waals surface area contributed by atoms with Crippen molar-refractivity contribution in [3.05, 3.63) is 45.9 Å². The zero-order valence-electron chi connectivity index (χ0n) is 7.07. The Kier molecular flexibility index (Phi) is 2.33. The molecule has 0 bridgehead atoms. The van der Waals surface area contributed by atoms with Crippen LogP contribution < -0.4 is 0 Å². The number of benzene rings is 1. The van der Waals surface area contributed by atoms with Gasteiger partial charge in [-0.3, -0.25) is 10.1 Å². The van der Waals surface area contributed by atoms with Crippen LogP contribution in [0.4, 0.5) is 5.69 Å². The van der Waals surface area contributed by atoms with Gasteiger partial charge in [0.15, 0.2) is 0 Å². The Hall–Kier alpha value is -1.51. The molecule has 3 nitrogen and oxygen atoms in total. The molecular formula is C9H10NO2+. The van der Waals surface area contributed by atoms with E-state index in [2.05, 4.69) is 0 Å². The number of nitro groups is 1. The number of rotatable bonds is 2. The maximum atomic E-state index is 10.4. The predicted molar refractivity (Wildman–Crippen MR) is 46.8 cm³/mol. The summed E-state index contributed by atoms with van der Waals surface area (Å²) in [6, 6.07) is 6.63. The monoisotopic (exact) mass is 164 g/mol. The van der Waals surface area contributed by atoms with Crippen LogP contribution in [-0.2, 0) is 0 Å².